The molecule has 0 spiro atoms. The highest BCUT2D eigenvalue weighted by Crippen LogP contribution is 2.43. The van der Waals surface area contributed by atoms with E-state index < -0.39 is 27.0 Å². The third-order valence-electron chi connectivity index (χ3n) is 4.16. The molecule has 0 aliphatic carbocycles. The molecular formula is C16H33F3O3Si. The van der Waals surface area contributed by atoms with E-state index in [1.807, 2.05) is 20.8 Å². The second-order valence-corrected chi connectivity index (χ2v) is 10.1. The molecule has 0 radical (unpaired) electrons. The van der Waals surface area contributed by atoms with Gasteiger partial charge < -0.3 is 13.3 Å². The zero-order valence-electron chi connectivity index (χ0n) is 15.7. The molecule has 0 rings (SSSR count). The fourth-order valence-corrected chi connectivity index (χ4v) is 5.30. The fourth-order valence-electron chi connectivity index (χ4n) is 2.69. The Kier molecular flexibility index (Phi) is 8.79. The van der Waals surface area contributed by atoms with Gasteiger partial charge >= 0.3 is 15.0 Å². The molecule has 0 aromatic carbocycles. The van der Waals surface area contributed by atoms with E-state index in [9.17, 15) is 13.2 Å². The number of halogens is 3. The predicted molar refractivity (Wildman–Crippen MR) is 88.2 cm³/mol. The third-order valence-corrected chi connectivity index (χ3v) is 6.94. The minimum atomic E-state index is -4.31. The highest BCUT2D eigenvalue weighted by atomic mass is 28.4. The quantitative estimate of drug-likeness (QED) is 0.497. The van der Waals surface area contributed by atoms with Gasteiger partial charge in [-0.25, -0.2) is 0 Å². The first-order chi connectivity index (χ1) is 10.3. The number of hydrogen-bond acceptors (Lipinski definition) is 3. The van der Waals surface area contributed by atoms with Crippen LogP contribution in [0.3, 0.4) is 0 Å². The van der Waals surface area contributed by atoms with Crippen LogP contribution in [0.25, 0.3) is 0 Å². The van der Waals surface area contributed by atoms with E-state index in [4.69, 9.17) is 13.3 Å². The van der Waals surface area contributed by atoms with Gasteiger partial charge in [0.25, 0.3) is 0 Å². The molecule has 0 aromatic heterocycles. The summed E-state index contributed by atoms with van der Waals surface area (Å²) in [5.41, 5.74) is -1.35. The molecule has 0 aliphatic rings. The van der Waals surface area contributed by atoms with E-state index in [1.54, 1.807) is 27.7 Å². The topological polar surface area (TPSA) is 27.7 Å². The molecule has 0 amide bonds. The molecule has 0 N–H and O–H groups in total. The molecule has 1 unspecified atom stereocenters. The van der Waals surface area contributed by atoms with E-state index in [-0.39, 0.29) is 17.8 Å². The molecule has 7 heteroatoms. The minimum absolute atomic E-state index is 0.252. The lowest BCUT2D eigenvalue weighted by Crippen LogP contribution is -2.58. The van der Waals surface area contributed by atoms with Crippen molar-refractivity contribution in [3.05, 3.63) is 0 Å². The summed E-state index contributed by atoms with van der Waals surface area (Å²) < 4.78 is 57.2. The van der Waals surface area contributed by atoms with Gasteiger partial charge in [-0.2, -0.15) is 13.2 Å². The molecule has 23 heavy (non-hydrogen) atoms. The maximum absolute atomic E-state index is 13.2. The molecule has 1 atom stereocenters. The van der Waals surface area contributed by atoms with Crippen molar-refractivity contribution in [1.82, 2.24) is 0 Å². The highest BCUT2D eigenvalue weighted by molar-refractivity contribution is 6.60. The van der Waals surface area contributed by atoms with Crippen molar-refractivity contribution in [3.8, 4) is 0 Å². The maximum Gasteiger partial charge on any atom is 0.500 e. The molecule has 140 valence electrons. The van der Waals surface area contributed by atoms with E-state index in [0.717, 1.165) is 0 Å². The summed E-state index contributed by atoms with van der Waals surface area (Å²) in [6, 6.07) is 0.440. The molecule has 0 fully saturated rings. The molecule has 0 aliphatic heterocycles. The summed E-state index contributed by atoms with van der Waals surface area (Å²) in [5.74, 6) is -0.386. The molecule has 0 aromatic rings. The van der Waals surface area contributed by atoms with Crippen molar-refractivity contribution in [2.24, 2.45) is 17.8 Å². The Hall–Kier alpha value is -0.113. The number of alkyl halides is 3. The Labute approximate surface area is 140 Å². The molecule has 0 heterocycles. The Bertz CT molecular complexity index is 332. The number of hydrogen-bond donors (Lipinski definition) is 0. The second kappa shape index (κ2) is 8.83. The summed E-state index contributed by atoms with van der Waals surface area (Å²) in [6.07, 6.45) is -5.31. The Morgan fingerprint density at radius 3 is 1.70 bits per heavy atom. The van der Waals surface area contributed by atoms with Crippen molar-refractivity contribution < 1.29 is 26.4 Å². The lowest BCUT2D eigenvalue weighted by Gasteiger charge is -2.46. The van der Waals surface area contributed by atoms with Crippen molar-refractivity contribution in [2.45, 2.75) is 72.7 Å². The normalized spacial score (nSPS) is 16.4. The lowest BCUT2D eigenvalue weighted by molar-refractivity contribution is -0.200. The van der Waals surface area contributed by atoms with E-state index >= 15 is 0 Å². The SMILES string of the molecule is CC[Si](OC)(OCC(C)C)OC(CC(F)(F)F)(C(C)C)C(C)C. The Morgan fingerprint density at radius 1 is 0.957 bits per heavy atom. The zero-order valence-corrected chi connectivity index (χ0v) is 16.7. The van der Waals surface area contributed by atoms with Crippen LogP contribution in [-0.2, 0) is 13.3 Å². The third kappa shape index (κ3) is 6.72. The minimum Gasteiger partial charge on any atom is -0.377 e. The lowest BCUT2D eigenvalue weighted by atomic mass is 9.78. The first-order valence-corrected chi connectivity index (χ1v) is 10.2. The summed E-state index contributed by atoms with van der Waals surface area (Å²) in [5, 5.41) is 0. The highest BCUT2D eigenvalue weighted by Gasteiger charge is 2.54. The molecule has 3 nitrogen and oxygen atoms in total. The Morgan fingerprint density at radius 2 is 1.43 bits per heavy atom. The standard InChI is InChI=1S/C16H33F3O3Si/c1-9-23(20-8,21-10-12(2)3)22-15(13(4)5,14(6)7)11-16(17,18)19/h12-14H,9-11H2,1-8H3. The van der Waals surface area contributed by atoms with Gasteiger partial charge in [0, 0.05) is 19.8 Å². The van der Waals surface area contributed by atoms with Gasteiger partial charge in [-0.05, 0) is 17.8 Å². The van der Waals surface area contributed by atoms with Gasteiger partial charge in [0.05, 0.1) is 12.0 Å². The van der Waals surface area contributed by atoms with Gasteiger partial charge in [-0.1, -0.05) is 48.5 Å². The van der Waals surface area contributed by atoms with Crippen LogP contribution in [0.5, 0.6) is 0 Å². The van der Waals surface area contributed by atoms with Gasteiger partial charge in [0.2, 0.25) is 0 Å². The molecule has 0 saturated carbocycles. The van der Waals surface area contributed by atoms with Crippen LogP contribution in [0.4, 0.5) is 13.2 Å². The summed E-state index contributed by atoms with van der Waals surface area (Å²) in [6.45, 7) is 13.3. The van der Waals surface area contributed by atoms with Crippen LogP contribution in [0.2, 0.25) is 6.04 Å². The van der Waals surface area contributed by atoms with Gasteiger partial charge in [0.15, 0.2) is 0 Å². The van der Waals surface area contributed by atoms with Crippen molar-refractivity contribution in [3.63, 3.8) is 0 Å². The van der Waals surface area contributed by atoms with E-state index in [1.165, 1.54) is 7.11 Å². The van der Waals surface area contributed by atoms with Crippen molar-refractivity contribution >= 4 is 8.80 Å². The van der Waals surface area contributed by atoms with Gasteiger partial charge in [-0.15, -0.1) is 0 Å². The first kappa shape index (κ1) is 22.9. The summed E-state index contributed by atoms with van der Waals surface area (Å²) in [7, 11) is -1.70. The van der Waals surface area contributed by atoms with Gasteiger partial charge in [-0.3, -0.25) is 0 Å². The largest absolute Gasteiger partial charge is 0.500 e. The second-order valence-electron chi connectivity index (χ2n) is 7.10. The average Bonchev–Trinajstić information content (AvgIpc) is 2.40. The van der Waals surface area contributed by atoms with Crippen LogP contribution < -0.4 is 0 Å². The van der Waals surface area contributed by atoms with Crippen LogP contribution in [0, 0.1) is 17.8 Å². The number of rotatable bonds is 10. The summed E-state index contributed by atoms with van der Waals surface area (Å²) >= 11 is 0. The zero-order chi connectivity index (χ0) is 18.5. The van der Waals surface area contributed by atoms with Crippen LogP contribution >= 0.6 is 0 Å². The summed E-state index contributed by atoms with van der Waals surface area (Å²) in [4.78, 5) is 0. The maximum atomic E-state index is 13.2. The monoisotopic (exact) mass is 358 g/mol. The van der Waals surface area contributed by atoms with Gasteiger partial charge in [0.1, 0.15) is 0 Å². The molecular weight excluding hydrogens is 325 g/mol. The van der Waals surface area contributed by atoms with Crippen LogP contribution in [-0.4, -0.2) is 34.3 Å². The van der Waals surface area contributed by atoms with Crippen molar-refractivity contribution in [1.29, 1.82) is 0 Å². The van der Waals surface area contributed by atoms with Crippen molar-refractivity contribution in [2.75, 3.05) is 13.7 Å². The van der Waals surface area contributed by atoms with Crippen LogP contribution in [0.1, 0.15) is 54.9 Å². The smallest absolute Gasteiger partial charge is 0.377 e. The average molecular weight is 359 g/mol. The van der Waals surface area contributed by atoms with Crippen LogP contribution in [0.15, 0.2) is 0 Å². The fraction of sp³-hybridized carbons (Fsp3) is 1.00. The first-order valence-electron chi connectivity index (χ1n) is 8.30. The van der Waals surface area contributed by atoms with E-state index in [0.29, 0.717) is 12.7 Å². The molecule has 0 saturated heterocycles. The molecule has 0 bridgehead atoms. The van der Waals surface area contributed by atoms with E-state index in [2.05, 4.69) is 0 Å². The predicted octanol–water partition coefficient (Wildman–Crippen LogP) is 5.28. The Balaban J connectivity index is 5.68.